The third kappa shape index (κ3) is 2.40. The van der Waals surface area contributed by atoms with E-state index in [4.69, 9.17) is 0 Å². The van der Waals surface area contributed by atoms with Gasteiger partial charge in [0.1, 0.15) is 5.82 Å². The molecule has 0 amide bonds. The summed E-state index contributed by atoms with van der Waals surface area (Å²) in [6, 6.07) is 1.11. The predicted octanol–water partition coefficient (Wildman–Crippen LogP) is 5.10. The highest BCUT2D eigenvalue weighted by atomic mass is 19.2. The molecule has 0 radical (unpaired) electrons. The van der Waals surface area contributed by atoms with E-state index >= 15 is 0 Å². The van der Waals surface area contributed by atoms with Gasteiger partial charge in [0, 0.05) is 5.56 Å². The Morgan fingerprint density at radius 1 is 1.06 bits per heavy atom. The molecule has 1 saturated carbocycles. The zero-order chi connectivity index (χ0) is 13.3. The standard InChI is InChI=1S/C15H19F3/c1-3-10-4-6-11(7-5-10)13-12(16)8-9(2)14(17)15(13)18/h8,10-11H,3-7H2,1-2H3/t10-,11-. The highest BCUT2D eigenvalue weighted by Gasteiger charge is 2.28. The monoisotopic (exact) mass is 256 g/mol. The van der Waals surface area contributed by atoms with Crippen LogP contribution in [0.4, 0.5) is 13.2 Å². The molecule has 0 N–H and O–H groups in total. The summed E-state index contributed by atoms with van der Waals surface area (Å²) in [5.41, 5.74) is 0.00338. The fourth-order valence-electron chi connectivity index (χ4n) is 2.96. The summed E-state index contributed by atoms with van der Waals surface area (Å²) in [5, 5.41) is 0. The molecule has 0 unspecified atom stereocenters. The third-order valence-corrected chi connectivity index (χ3v) is 4.21. The number of rotatable bonds is 2. The highest BCUT2D eigenvalue weighted by Crippen LogP contribution is 2.39. The minimum atomic E-state index is -0.979. The van der Waals surface area contributed by atoms with Gasteiger partial charge in [-0.25, -0.2) is 13.2 Å². The van der Waals surface area contributed by atoms with Crippen LogP contribution in [-0.4, -0.2) is 0 Å². The molecule has 2 rings (SSSR count). The zero-order valence-electron chi connectivity index (χ0n) is 10.9. The van der Waals surface area contributed by atoms with E-state index in [0.717, 1.165) is 38.2 Å². The Hall–Kier alpha value is -0.990. The number of hydrogen-bond acceptors (Lipinski definition) is 0. The predicted molar refractivity (Wildman–Crippen MR) is 66.0 cm³/mol. The van der Waals surface area contributed by atoms with Crippen molar-refractivity contribution in [3.8, 4) is 0 Å². The summed E-state index contributed by atoms with van der Waals surface area (Å²) in [4.78, 5) is 0. The van der Waals surface area contributed by atoms with E-state index in [9.17, 15) is 13.2 Å². The van der Waals surface area contributed by atoms with Gasteiger partial charge in [0.05, 0.1) is 0 Å². The van der Waals surface area contributed by atoms with Crippen molar-refractivity contribution in [3.05, 3.63) is 34.6 Å². The Kier molecular flexibility index (Phi) is 3.98. The smallest absolute Gasteiger partial charge is 0.165 e. The van der Waals surface area contributed by atoms with Crippen LogP contribution in [0.25, 0.3) is 0 Å². The number of halogens is 3. The van der Waals surface area contributed by atoms with Crippen molar-refractivity contribution in [2.75, 3.05) is 0 Å². The molecule has 0 heterocycles. The van der Waals surface area contributed by atoms with Crippen molar-refractivity contribution in [1.82, 2.24) is 0 Å². The first kappa shape index (κ1) is 13.4. The molecule has 1 aliphatic rings. The molecule has 0 aliphatic heterocycles. The Labute approximate surface area is 106 Å². The molecule has 0 aromatic heterocycles. The molecule has 18 heavy (non-hydrogen) atoms. The van der Waals surface area contributed by atoms with Crippen LogP contribution in [0.15, 0.2) is 6.07 Å². The largest absolute Gasteiger partial charge is 0.207 e. The average molecular weight is 256 g/mol. The maximum atomic E-state index is 13.9. The zero-order valence-corrected chi connectivity index (χ0v) is 10.9. The molecule has 3 heteroatoms. The Morgan fingerprint density at radius 3 is 2.22 bits per heavy atom. The molecule has 0 atom stereocenters. The van der Waals surface area contributed by atoms with Crippen molar-refractivity contribution in [2.45, 2.75) is 51.9 Å². The van der Waals surface area contributed by atoms with Crippen LogP contribution in [0.2, 0.25) is 0 Å². The molecule has 100 valence electrons. The molecule has 1 aliphatic carbocycles. The van der Waals surface area contributed by atoms with E-state index in [1.807, 2.05) is 0 Å². The van der Waals surface area contributed by atoms with Crippen LogP contribution in [-0.2, 0) is 0 Å². The van der Waals surface area contributed by atoms with E-state index in [1.165, 1.54) is 6.92 Å². The normalized spacial score (nSPS) is 24.3. The molecular weight excluding hydrogens is 237 g/mol. The van der Waals surface area contributed by atoms with E-state index in [2.05, 4.69) is 6.92 Å². The SMILES string of the molecule is CC[C@H]1CC[C@H](c2c(F)cc(C)c(F)c2F)CC1. The van der Waals surface area contributed by atoms with Gasteiger partial charge in [-0.15, -0.1) is 0 Å². The summed E-state index contributed by atoms with van der Waals surface area (Å²) in [6.45, 7) is 3.52. The van der Waals surface area contributed by atoms with Gasteiger partial charge < -0.3 is 0 Å². The number of hydrogen-bond donors (Lipinski definition) is 0. The van der Waals surface area contributed by atoms with Gasteiger partial charge in [-0.3, -0.25) is 0 Å². The van der Waals surface area contributed by atoms with Gasteiger partial charge in [-0.1, -0.05) is 13.3 Å². The van der Waals surface area contributed by atoms with Crippen molar-refractivity contribution in [1.29, 1.82) is 0 Å². The van der Waals surface area contributed by atoms with Crippen molar-refractivity contribution in [2.24, 2.45) is 5.92 Å². The first-order chi connectivity index (χ1) is 8.54. The van der Waals surface area contributed by atoms with Crippen LogP contribution in [0, 0.1) is 30.3 Å². The second-order valence-electron chi connectivity index (χ2n) is 5.34. The molecule has 0 bridgehead atoms. The Morgan fingerprint density at radius 2 is 1.67 bits per heavy atom. The van der Waals surface area contributed by atoms with Gasteiger partial charge in [-0.2, -0.15) is 0 Å². The minimum Gasteiger partial charge on any atom is -0.207 e. The minimum absolute atomic E-state index is 0.0346. The van der Waals surface area contributed by atoms with Crippen molar-refractivity contribution >= 4 is 0 Å². The average Bonchev–Trinajstić information content (AvgIpc) is 2.37. The lowest BCUT2D eigenvalue weighted by atomic mass is 9.77. The summed E-state index contributed by atoms with van der Waals surface area (Å²) < 4.78 is 41.2. The fraction of sp³-hybridized carbons (Fsp3) is 0.600. The number of benzene rings is 1. The van der Waals surface area contributed by atoms with Gasteiger partial charge in [0.15, 0.2) is 11.6 Å². The van der Waals surface area contributed by atoms with Crippen molar-refractivity contribution < 1.29 is 13.2 Å². The molecule has 1 fully saturated rings. The third-order valence-electron chi connectivity index (χ3n) is 4.21. The van der Waals surface area contributed by atoms with Crippen LogP contribution in [0.1, 0.15) is 56.1 Å². The first-order valence-corrected chi connectivity index (χ1v) is 6.68. The molecule has 0 spiro atoms. The lowest BCUT2D eigenvalue weighted by Crippen LogP contribution is -2.16. The maximum absolute atomic E-state index is 13.9. The maximum Gasteiger partial charge on any atom is 0.165 e. The Bertz CT molecular complexity index is 432. The van der Waals surface area contributed by atoms with E-state index < -0.39 is 17.5 Å². The topological polar surface area (TPSA) is 0 Å². The lowest BCUT2D eigenvalue weighted by Gasteiger charge is -2.28. The van der Waals surface area contributed by atoms with Gasteiger partial charge in [-0.05, 0) is 56.1 Å². The molecular formula is C15H19F3. The van der Waals surface area contributed by atoms with E-state index in [0.29, 0.717) is 5.92 Å². The van der Waals surface area contributed by atoms with Crippen LogP contribution < -0.4 is 0 Å². The summed E-state index contributed by atoms with van der Waals surface area (Å²) in [5.74, 6) is -1.98. The van der Waals surface area contributed by atoms with Gasteiger partial charge in [0.2, 0.25) is 0 Å². The van der Waals surface area contributed by atoms with Crippen LogP contribution in [0.5, 0.6) is 0 Å². The van der Waals surface area contributed by atoms with Gasteiger partial charge in [0.25, 0.3) is 0 Å². The van der Waals surface area contributed by atoms with Crippen LogP contribution in [0.3, 0.4) is 0 Å². The quantitative estimate of drug-likeness (QED) is 0.646. The first-order valence-electron chi connectivity index (χ1n) is 6.68. The van der Waals surface area contributed by atoms with E-state index in [1.54, 1.807) is 0 Å². The molecule has 1 aromatic carbocycles. The summed E-state index contributed by atoms with van der Waals surface area (Å²) >= 11 is 0. The summed E-state index contributed by atoms with van der Waals surface area (Å²) in [7, 11) is 0. The highest BCUT2D eigenvalue weighted by molar-refractivity contribution is 5.30. The number of aryl methyl sites for hydroxylation is 1. The fourth-order valence-corrected chi connectivity index (χ4v) is 2.96. The van der Waals surface area contributed by atoms with E-state index in [-0.39, 0.29) is 17.0 Å². The molecule has 0 saturated heterocycles. The second-order valence-corrected chi connectivity index (χ2v) is 5.34. The molecule has 0 nitrogen and oxygen atoms in total. The lowest BCUT2D eigenvalue weighted by molar-refractivity contribution is 0.306. The Balaban J connectivity index is 2.27. The molecule has 1 aromatic rings. The summed E-state index contributed by atoms with van der Waals surface area (Å²) in [6.07, 6.45) is 4.59. The van der Waals surface area contributed by atoms with Crippen molar-refractivity contribution in [3.63, 3.8) is 0 Å². The van der Waals surface area contributed by atoms with Crippen LogP contribution >= 0.6 is 0 Å². The van der Waals surface area contributed by atoms with Gasteiger partial charge >= 0.3 is 0 Å². The second kappa shape index (κ2) is 5.33.